The standard InChI is InChI=1S/C31H35NO8S/c1-19-8-10-24(14-21(19)3)29(34)39-26-13-12-23(28(17-32-31(5,6)7)41(36,37)38-18-33)16-27(26)40-30(35)25-11-9-20(2)22(4)15-25/h8-16,18,28,32H,17H2,1-7H3. The minimum atomic E-state index is -4.42. The van der Waals surface area contributed by atoms with E-state index in [2.05, 4.69) is 9.50 Å². The molecule has 0 aliphatic rings. The van der Waals surface area contributed by atoms with Crippen LogP contribution in [-0.4, -0.2) is 38.9 Å². The summed E-state index contributed by atoms with van der Waals surface area (Å²) in [6, 6.07) is 14.2. The van der Waals surface area contributed by atoms with Gasteiger partial charge in [0.1, 0.15) is 5.25 Å². The summed E-state index contributed by atoms with van der Waals surface area (Å²) in [7, 11) is -4.42. The molecule has 0 aliphatic heterocycles. The normalized spacial score (nSPS) is 12.4. The second kappa shape index (κ2) is 12.7. The van der Waals surface area contributed by atoms with Crippen LogP contribution in [0.3, 0.4) is 0 Å². The molecule has 0 heterocycles. The Morgan fingerprint density at radius 1 is 0.780 bits per heavy atom. The van der Waals surface area contributed by atoms with E-state index in [0.717, 1.165) is 22.3 Å². The molecule has 0 saturated carbocycles. The van der Waals surface area contributed by atoms with Crippen molar-refractivity contribution in [1.29, 1.82) is 0 Å². The number of ether oxygens (including phenoxy) is 2. The number of rotatable bonds is 10. The fourth-order valence-electron chi connectivity index (χ4n) is 3.85. The molecular formula is C31H35NO8S. The molecule has 0 aromatic heterocycles. The van der Waals surface area contributed by atoms with Crippen LogP contribution in [0.1, 0.15) is 74.6 Å². The topological polar surface area (TPSA) is 125 Å². The average Bonchev–Trinajstić information content (AvgIpc) is 2.87. The molecule has 3 aromatic carbocycles. The summed E-state index contributed by atoms with van der Waals surface area (Å²) in [5.74, 6) is -1.69. The third kappa shape index (κ3) is 8.25. The van der Waals surface area contributed by atoms with E-state index in [-0.39, 0.29) is 41.2 Å². The molecule has 0 saturated heterocycles. The van der Waals surface area contributed by atoms with E-state index in [0.29, 0.717) is 0 Å². The largest absolute Gasteiger partial charge is 0.419 e. The summed E-state index contributed by atoms with van der Waals surface area (Å²) in [5, 5.41) is 1.74. The highest BCUT2D eigenvalue weighted by Gasteiger charge is 2.32. The smallest absolute Gasteiger partial charge is 0.343 e. The van der Waals surface area contributed by atoms with Crippen LogP contribution < -0.4 is 14.8 Å². The van der Waals surface area contributed by atoms with Crippen molar-refractivity contribution in [3.8, 4) is 11.5 Å². The molecule has 1 unspecified atom stereocenters. The number of carbonyl (C=O) groups is 3. The van der Waals surface area contributed by atoms with E-state index in [4.69, 9.17) is 9.47 Å². The van der Waals surface area contributed by atoms with Crippen molar-refractivity contribution >= 4 is 28.5 Å². The number of aryl methyl sites for hydroxylation is 4. The molecular weight excluding hydrogens is 546 g/mol. The second-order valence-electron chi connectivity index (χ2n) is 10.9. The Morgan fingerprint density at radius 3 is 1.76 bits per heavy atom. The van der Waals surface area contributed by atoms with Gasteiger partial charge in [-0.15, -0.1) is 0 Å². The molecule has 9 nitrogen and oxygen atoms in total. The molecule has 0 bridgehead atoms. The Labute approximate surface area is 240 Å². The van der Waals surface area contributed by atoms with Gasteiger partial charge in [0, 0.05) is 12.1 Å². The first kappa shape index (κ1) is 31.5. The highest BCUT2D eigenvalue weighted by atomic mass is 32.2. The highest BCUT2D eigenvalue weighted by Crippen LogP contribution is 2.35. The number of nitrogens with one attached hydrogen (secondary N) is 1. The molecule has 1 N–H and O–H groups in total. The molecule has 0 radical (unpaired) electrons. The highest BCUT2D eigenvalue weighted by molar-refractivity contribution is 7.87. The summed E-state index contributed by atoms with van der Waals surface area (Å²) < 4.78 is 41.5. The van der Waals surface area contributed by atoms with Gasteiger partial charge in [0.15, 0.2) is 11.5 Å². The van der Waals surface area contributed by atoms with Crippen molar-refractivity contribution in [2.75, 3.05) is 6.54 Å². The quantitative estimate of drug-likeness (QED) is 0.147. The predicted octanol–water partition coefficient (Wildman–Crippen LogP) is 5.29. The van der Waals surface area contributed by atoms with E-state index in [1.807, 2.05) is 48.5 Å². The zero-order chi connectivity index (χ0) is 30.5. The van der Waals surface area contributed by atoms with Crippen LogP contribution in [0.2, 0.25) is 0 Å². The van der Waals surface area contributed by atoms with E-state index >= 15 is 0 Å². The summed E-state index contributed by atoms with van der Waals surface area (Å²) in [6.07, 6.45) is 0. The molecule has 3 aromatic rings. The molecule has 3 rings (SSSR count). The van der Waals surface area contributed by atoms with Crippen LogP contribution in [0.4, 0.5) is 0 Å². The molecule has 41 heavy (non-hydrogen) atoms. The van der Waals surface area contributed by atoms with Gasteiger partial charge in [-0.1, -0.05) is 18.2 Å². The van der Waals surface area contributed by atoms with E-state index in [1.165, 1.54) is 18.2 Å². The van der Waals surface area contributed by atoms with Crippen molar-refractivity contribution in [3.63, 3.8) is 0 Å². The molecule has 0 amide bonds. The lowest BCUT2D eigenvalue weighted by Crippen LogP contribution is -2.40. The van der Waals surface area contributed by atoms with E-state index in [9.17, 15) is 22.8 Å². The average molecular weight is 582 g/mol. The maximum atomic E-state index is 13.1. The number of hydrogen-bond acceptors (Lipinski definition) is 9. The zero-order valence-corrected chi connectivity index (χ0v) is 25.0. The van der Waals surface area contributed by atoms with Crippen molar-refractivity contribution in [2.45, 2.75) is 59.3 Å². The Bertz CT molecular complexity index is 1570. The van der Waals surface area contributed by atoms with Crippen LogP contribution >= 0.6 is 0 Å². The van der Waals surface area contributed by atoms with Crippen molar-refractivity contribution in [1.82, 2.24) is 5.32 Å². The first-order valence-corrected chi connectivity index (χ1v) is 14.4. The van der Waals surface area contributed by atoms with Crippen molar-refractivity contribution in [2.24, 2.45) is 0 Å². The first-order valence-electron chi connectivity index (χ1n) is 12.9. The lowest BCUT2D eigenvalue weighted by molar-refractivity contribution is -0.120. The van der Waals surface area contributed by atoms with Crippen molar-refractivity contribution in [3.05, 3.63) is 93.5 Å². The van der Waals surface area contributed by atoms with Crippen LogP contribution in [0, 0.1) is 27.7 Å². The van der Waals surface area contributed by atoms with Gasteiger partial charge < -0.3 is 19.0 Å². The van der Waals surface area contributed by atoms with Crippen LogP contribution in [0.15, 0.2) is 54.6 Å². The van der Waals surface area contributed by atoms with Crippen molar-refractivity contribution < 1.29 is 36.5 Å². The first-order chi connectivity index (χ1) is 19.1. The number of hydrogen-bond donors (Lipinski definition) is 1. The van der Waals surface area contributed by atoms with Crippen LogP contribution in [-0.2, 0) is 19.1 Å². The van der Waals surface area contributed by atoms with Gasteiger partial charge in [-0.3, -0.25) is 4.79 Å². The lowest BCUT2D eigenvalue weighted by atomic mass is 10.1. The second-order valence-corrected chi connectivity index (χ2v) is 12.6. The minimum Gasteiger partial charge on any atom is -0.419 e. The maximum Gasteiger partial charge on any atom is 0.343 e. The van der Waals surface area contributed by atoms with Gasteiger partial charge in [0.2, 0.25) is 0 Å². The maximum absolute atomic E-state index is 13.1. The predicted molar refractivity (Wildman–Crippen MR) is 155 cm³/mol. The van der Waals surface area contributed by atoms with Crippen LogP contribution in [0.5, 0.6) is 11.5 Å². The summed E-state index contributed by atoms with van der Waals surface area (Å²) in [6.45, 7) is 12.8. The Balaban J connectivity index is 2.07. The summed E-state index contributed by atoms with van der Waals surface area (Å²) in [4.78, 5) is 37.1. The summed E-state index contributed by atoms with van der Waals surface area (Å²) in [5.41, 5.74) is 3.99. The monoisotopic (exact) mass is 581 g/mol. The fraction of sp³-hybridized carbons (Fsp3) is 0.323. The van der Waals surface area contributed by atoms with E-state index < -0.39 is 32.8 Å². The van der Waals surface area contributed by atoms with Gasteiger partial charge in [-0.25, -0.2) is 9.59 Å². The fourth-order valence-corrected chi connectivity index (χ4v) is 4.86. The molecule has 0 aliphatic carbocycles. The minimum absolute atomic E-state index is 0.0922. The Kier molecular flexibility index (Phi) is 9.73. The number of carbonyl (C=O) groups excluding carboxylic acids is 3. The Morgan fingerprint density at radius 2 is 1.29 bits per heavy atom. The van der Waals surface area contributed by atoms with Gasteiger partial charge in [0.25, 0.3) is 0 Å². The number of benzene rings is 3. The van der Waals surface area contributed by atoms with Gasteiger partial charge >= 0.3 is 28.5 Å². The van der Waals surface area contributed by atoms with Crippen LogP contribution in [0.25, 0.3) is 0 Å². The summed E-state index contributed by atoms with van der Waals surface area (Å²) >= 11 is 0. The molecule has 0 spiro atoms. The van der Waals surface area contributed by atoms with E-state index in [1.54, 1.807) is 36.4 Å². The molecule has 10 heteroatoms. The molecule has 1 atom stereocenters. The third-order valence-corrected chi connectivity index (χ3v) is 8.05. The van der Waals surface area contributed by atoms with Gasteiger partial charge in [0.05, 0.1) is 11.1 Å². The third-order valence-electron chi connectivity index (χ3n) is 6.57. The molecule has 0 fully saturated rings. The lowest BCUT2D eigenvalue weighted by Gasteiger charge is -2.25. The van der Waals surface area contributed by atoms with Gasteiger partial charge in [-0.05, 0) is 113 Å². The number of esters is 2. The molecule has 218 valence electrons. The van der Waals surface area contributed by atoms with Gasteiger partial charge in [-0.2, -0.15) is 8.42 Å². The zero-order valence-electron chi connectivity index (χ0n) is 24.2. The SMILES string of the molecule is Cc1ccc(C(=O)Oc2ccc(C(CNC(C)(C)C)S(=O)(=O)OC=O)cc2OC(=O)c2ccc(C)c(C)c2)cc1C. The Hall–Kier alpha value is -4.02.